The van der Waals surface area contributed by atoms with Crippen molar-refractivity contribution in [2.24, 2.45) is 0 Å². The van der Waals surface area contributed by atoms with Gasteiger partial charge in [0.15, 0.2) is 11.5 Å². The van der Waals surface area contributed by atoms with Gasteiger partial charge < -0.3 is 14.3 Å². The molecule has 0 bridgehead atoms. The number of amides is 1. The van der Waals surface area contributed by atoms with Crippen LogP contribution in [-0.4, -0.2) is 63.1 Å². The van der Waals surface area contributed by atoms with Crippen molar-refractivity contribution in [1.82, 2.24) is 30.0 Å². The largest absolute Gasteiger partial charge is 0.378 e. The lowest BCUT2D eigenvalue weighted by molar-refractivity contribution is 0.0787. The van der Waals surface area contributed by atoms with Crippen LogP contribution in [0.1, 0.15) is 47.4 Å². The van der Waals surface area contributed by atoms with Crippen molar-refractivity contribution < 1.29 is 9.32 Å². The van der Waals surface area contributed by atoms with Crippen LogP contribution in [0, 0.1) is 0 Å². The van der Waals surface area contributed by atoms with E-state index < -0.39 is 0 Å². The van der Waals surface area contributed by atoms with Crippen LogP contribution in [0.15, 0.2) is 35.0 Å². The smallest absolute Gasteiger partial charge is 0.280 e. The Bertz CT molecular complexity index is 1020. The first-order chi connectivity index (χ1) is 14.1. The number of nitrogens with zero attached hydrogens (tertiary/aromatic N) is 7. The molecule has 1 atom stereocenters. The second-order valence-corrected chi connectivity index (χ2v) is 7.95. The lowest BCUT2D eigenvalue weighted by atomic mass is 10.2. The summed E-state index contributed by atoms with van der Waals surface area (Å²) in [5, 5.41) is 12.5. The maximum atomic E-state index is 12.8. The van der Waals surface area contributed by atoms with Gasteiger partial charge in [-0.25, -0.2) is 4.68 Å². The van der Waals surface area contributed by atoms with Gasteiger partial charge in [0, 0.05) is 44.4 Å². The van der Waals surface area contributed by atoms with Crippen molar-refractivity contribution in [3.63, 3.8) is 0 Å². The highest BCUT2D eigenvalue weighted by atomic mass is 16.5. The van der Waals surface area contributed by atoms with Crippen molar-refractivity contribution in [3.05, 3.63) is 41.9 Å². The van der Waals surface area contributed by atoms with E-state index in [0.717, 1.165) is 30.8 Å². The van der Waals surface area contributed by atoms with E-state index in [1.54, 1.807) is 4.68 Å². The second-order valence-electron chi connectivity index (χ2n) is 7.95. The molecule has 3 aromatic rings. The van der Waals surface area contributed by atoms with Crippen molar-refractivity contribution in [2.45, 2.75) is 31.2 Å². The molecule has 1 saturated heterocycles. The van der Waals surface area contributed by atoms with Gasteiger partial charge in [0.2, 0.25) is 0 Å². The van der Waals surface area contributed by atoms with E-state index in [2.05, 4.69) is 20.5 Å². The minimum Gasteiger partial charge on any atom is -0.378 e. The van der Waals surface area contributed by atoms with Crippen molar-refractivity contribution in [1.29, 1.82) is 0 Å². The zero-order valence-electron chi connectivity index (χ0n) is 16.5. The number of carbonyl (C=O) groups is 1. The van der Waals surface area contributed by atoms with Crippen LogP contribution < -0.4 is 4.90 Å². The third-order valence-corrected chi connectivity index (χ3v) is 5.57. The summed E-state index contributed by atoms with van der Waals surface area (Å²) in [4.78, 5) is 21.1. The molecule has 9 heteroatoms. The molecular weight excluding hydrogens is 370 g/mol. The fourth-order valence-corrected chi connectivity index (χ4v) is 3.63. The van der Waals surface area contributed by atoms with E-state index >= 15 is 0 Å². The lowest BCUT2D eigenvalue weighted by Gasteiger charge is -2.17. The highest BCUT2D eigenvalue weighted by Gasteiger charge is 2.31. The van der Waals surface area contributed by atoms with E-state index in [1.165, 1.54) is 0 Å². The Morgan fingerprint density at radius 2 is 1.97 bits per heavy atom. The number of aromatic nitrogens is 5. The molecule has 29 heavy (non-hydrogen) atoms. The van der Waals surface area contributed by atoms with Crippen molar-refractivity contribution >= 4 is 11.6 Å². The number of anilines is 1. The summed E-state index contributed by atoms with van der Waals surface area (Å²) in [7, 11) is 3.96. The van der Waals surface area contributed by atoms with Gasteiger partial charge in [-0.1, -0.05) is 10.4 Å². The van der Waals surface area contributed by atoms with E-state index in [-0.39, 0.29) is 11.9 Å². The number of likely N-dealkylation sites (tertiary alicyclic amines) is 1. The first kappa shape index (κ1) is 17.8. The topological polar surface area (TPSA) is 93.2 Å². The molecule has 1 aromatic carbocycles. The molecule has 1 amide bonds. The Balaban J connectivity index is 1.25. The van der Waals surface area contributed by atoms with Crippen LogP contribution in [0.25, 0.3) is 11.6 Å². The molecule has 2 aromatic heterocycles. The Hall–Kier alpha value is -3.23. The molecule has 0 spiro atoms. The zero-order chi connectivity index (χ0) is 20.0. The standard InChI is InChI=1S/C20H23N7O2/c1-25(2)15-7-5-14(6-8-15)20(28)26-10-9-16(11-26)27-12-17(22-24-27)19-21-18(23-29-19)13-3-4-13/h5-8,12-13,16H,3-4,9-11H2,1-2H3/t16-/m1/s1. The Morgan fingerprint density at radius 3 is 2.69 bits per heavy atom. The van der Waals surface area contributed by atoms with Crippen molar-refractivity contribution in [3.8, 4) is 11.6 Å². The molecule has 0 radical (unpaired) electrons. The van der Waals surface area contributed by atoms with Gasteiger partial charge in [-0.05, 0) is 43.5 Å². The van der Waals surface area contributed by atoms with Crippen LogP contribution in [-0.2, 0) is 0 Å². The van der Waals surface area contributed by atoms with Crippen molar-refractivity contribution in [2.75, 3.05) is 32.1 Å². The zero-order valence-corrected chi connectivity index (χ0v) is 16.5. The molecule has 1 aliphatic heterocycles. The summed E-state index contributed by atoms with van der Waals surface area (Å²) in [6.07, 6.45) is 4.90. The highest BCUT2D eigenvalue weighted by molar-refractivity contribution is 5.94. The van der Waals surface area contributed by atoms with E-state index in [4.69, 9.17) is 4.52 Å². The quantitative estimate of drug-likeness (QED) is 0.657. The molecular formula is C20H23N7O2. The number of rotatable bonds is 5. The van der Waals surface area contributed by atoms with Crippen LogP contribution >= 0.6 is 0 Å². The average Bonchev–Trinajstić information content (AvgIpc) is 3.16. The van der Waals surface area contributed by atoms with E-state index in [0.29, 0.717) is 36.2 Å². The summed E-state index contributed by atoms with van der Waals surface area (Å²) < 4.78 is 7.13. The number of carbonyl (C=O) groups excluding carboxylic acids is 1. The first-order valence-corrected chi connectivity index (χ1v) is 9.91. The minimum atomic E-state index is 0.0455. The summed E-state index contributed by atoms with van der Waals surface area (Å²) >= 11 is 0. The molecule has 5 rings (SSSR count). The molecule has 2 aliphatic rings. The maximum absolute atomic E-state index is 12.8. The number of benzene rings is 1. The second kappa shape index (κ2) is 6.98. The monoisotopic (exact) mass is 393 g/mol. The van der Waals surface area contributed by atoms with Gasteiger partial charge in [-0.3, -0.25) is 4.79 Å². The molecule has 1 aliphatic carbocycles. The van der Waals surface area contributed by atoms with Gasteiger partial charge in [0.25, 0.3) is 11.8 Å². The molecule has 150 valence electrons. The molecule has 0 unspecified atom stereocenters. The summed E-state index contributed by atoms with van der Waals surface area (Å²) in [6, 6.07) is 7.78. The van der Waals surface area contributed by atoms with Crippen LogP contribution in [0.2, 0.25) is 0 Å². The number of hydrogen-bond donors (Lipinski definition) is 0. The van der Waals surface area contributed by atoms with Gasteiger partial charge >= 0.3 is 0 Å². The summed E-state index contributed by atoms with van der Waals surface area (Å²) in [5.74, 6) is 1.64. The lowest BCUT2D eigenvalue weighted by Crippen LogP contribution is -2.29. The van der Waals surface area contributed by atoms with Gasteiger partial charge in [-0.15, -0.1) is 5.10 Å². The third kappa shape index (κ3) is 3.48. The molecule has 2 fully saturated rings. The predicted molar refractivity (Wildman–Crippen MR) is 106 cm³/mol. The molecule has 3 heterocycles. The Morgan fingerprint density at radius 1 is 1.17 bits per heavy atom. The van der Waals surface area contributed by atoms with Crippen LogP contribution in [0.3, 0.4) is 0 Å². The third-order valence-electron chi connectivity index (χ3n) is 5.57. The summed E-state index contributed by atoms with van der Waals surface area (Å²) in [5.41, 5.74) is 2.35. The first-order valence-electron chi connectivity index (χ1n) is 9.91. The normalized spacial score (nSPS) is 19.0. The minimum absolute atomic E-state index is 0.0455. The average molecular weight is 393 g/mol. The van der Waals surface area contributed by atoms with Gasteiger partial charge in [-0.2, -0.15) is 4.98 Å². The molecule has 0 N–H and O–H groups in total. The van der Waals surface area contributed by atoms with E-state index in [1.807, 2.05) is 54.4 Å². The Labute approximate surface area is 168 Å². The van der Waals surface area contributed by atoms with Crippen LogP contribution in [0.5, 0.6) is 0 Å². The molecule has 1 saturated carbocycles. The maximum Gasteiger partial charge on any atom is 0.280 e. The van der Waals surface area contributed by atoms with Gasteiger partial charge in [0.1, 0.15) is 0 Å². The molecule has 9 nitrogen and oxygen atoms in total. The predicted octanol–water partition coefficient (Wildman–Crippen LogP) is 2.36. The summed E-state index contributed by atoms with van der Waals surface area (Å²) in [6.45, 7) is 1.30. The van der Waals surface area contributed by atoms with E-state index in [9.17, 15) is 4.79 Å². The fourth-order valence-electron chi connectivity index (χ4n) is 3.63. The fraction of sp³-hybridized carbons (Fsp3) is 0.450. The highest BCUT2D eigenvalue weighted by Crippen LogP contribution is 2.38. The van der Waals surface area contributed by atoms with Crippen LogP contribution in [0.4, 0.5) is 5.69 Å². The number of hydrogen-bond acceptors (Lipinski definition) is 7. The SMILES string of the molecule is CN(C)c1ccc(C(=O)N2CC[C@@H](n3cc(-c4nc(C5CC5)no4)nn3)C2)cc1. The van der Waals surface area contributed by atoms with Gasteiger partial charge in [0.05, 0.1) is 12.2 Å². The Kier molecular flexibility index (Phi) is 4.30.